The molecule has 6 heteroatoms. The normalized spacial score (nSPS) is 21.4. The largest absolute Gasteiger partial charge is 0.327 e. The Morgan fingerprint density at radius 1 is 1.48 bits per heavy atom. The number of piperidine rings is 1. The van der Waals surface area contributed by atoms with E-state index in [1.165, 1.54) is 0 Å². The van der Waals surface area contributed by atoms with Gasteiger partial charge in [-0.1, -0.05) is 26.0 Å². The van der Waals surface area contributed by atoms with E-state index in [1.807, 2.05) is 24.3 Å². The molecule has 4 nitrogen and oxygen atoms in total. The quantitative estimate of drug-likeness (QED) is 0.853. The van der Waals surface area contributed by atoms with Gasteiger partial charge in [0.1, 0.15) is 0 Å². The van der Waals surface area contributed by atoms with Gasteiger partial charge in [-0.15, -0.1) is 12.4 Å². The summed E-state index contributed by atoms with van der Waals surface area (Å²) >= 11 is 3.43. The number of nitrogens with two attached hydrogens (primary N) is 1. The van der Waals surface area contributed by atoms with E-state index in [9.17, 15) is 4.79 Å². The van der Waals surface area contributed by atoms with Gasteiger partial charge in [0.25, 0.3) is 0 Å². The van der Waals surface area contributed by atoms with Gasteiger partial charge in [0.2, 0.25) is 5.91 Å². The number of carbonyl (C=O) groups excluding carboxylic acids is 1. The molecule has 118 valence electrons. The van der Waals surface area contributed by atoms with Gasteiger partial charge in [0, 0.05) is 23.6 Å². The van der Waals surface area contributed by atoms with Crippen LogP contribution in [-0.4, -0.2) is 36.5 Å². The summed E-state index contributed by atoms with van der Waals surface area (Å²) in [7, 11) is 0. The van der Waals surface area contributed by atoms with Crippen molar-refractivity contribution in [2.24, 2.45) is 11.1 Å². The second kappa shape index (κ2) is 7.58. The molecule has 0 spiro atoms. The minimum absolute atomic E-state index is 0. The van der Waals surface area contributed by atoms with Crippen LogP contribution in [0.1, 0.15) is 20.3 Å². The lowest BCUT2D eigenvalue weighted by Gasteiger charge is -2.42. The smallest absolute Gasteiger partial charge is 0.238 e. The highest BCUT2D eigenvalue weighted by Crippen LogP contribution is 2.27. The highest BCUT2D eigenvalue weighted by Gasteiger charge is 2.33. The highest BCUT2D eigenvalue weighted by atomic mass is 79.9. The number of nitrogens with one attached hydrogen (secondary N) is 1. The molecule has 1 atom stereocenters. The predicted molar refractivity (Wildman–Crippen MR) is 92.8 cm³/mol. The van der Waals surface area contributed by atoms with Gasteiger partial charge in [-0.3, -0.25) is 9.69 Å². The maximum Gasteiger partial charge on any atom is 0.238 e. The van der Waals surface area contributed by atoms with Crippen LogP contribution in [0.4, 0.5) is 5.69 Å². The molecule has 0 bridgehead atoms. The molecule has 1 amide bonds. The van der Waals surface area contributed by atoms with E-state index in [2.05, 4.69) is 40.0 Å². The average molecular weight is 377 g/mol. The second-order valence-corrected chi connectivity index (χ2v) is 6.98. The monoisotopic (exact) mass is 375 g/mol. The van der Waals surface area contributed by atoms with E-state index in [1.54, 1.807) is 0 Å². The number of benzene rings is 1. The fourth-order valence-corrected chi connectivity index (χ4v) is 2.96. The van der Waals surface area contributed by atoms with Gasteiger partial charge < -0.3 is 11.1 Å². The molecule has 1 saturated heterocycles. The summed E-state index contributed by atoms with van der Waals surface area (Å²) in [6.07, 6.45) is 0.940. The van der Waals surface area contributed by atoms with Crippen molar-refractivity contribution in [3.05, 3.63) is 28.7 Å². The molecule has 1 unspecified atom stereocenters. The fraction of sp³-hybridized carbons (Fsp3) is 0.533. The van der Waals surface area contributed by atoms with Gasteiger partial charge >= 0.3 is 0 Å². The molecule has 1 aliphatic heterocycles. The maximum atomic E-state index is 12.1. The Hall–Kier alpha value is -0.620. The van der Waals surface area contributed by atoms with Crippen molar-refractivity contribution in [1.82, 2.24) is 4.90 Å². The lowest BCUT2D eigenvalue weighted by molar-refractivity contribution is -0.118. The lowest BCUT2D eigenvalue weighted by atomic mass is 9.80. The number of anilines is 1. The van der Waals surface area contributed by atoms with Crippen LogP contribution in [0.5, 0.6) is 0 Å². The fourth-order valence-electron chi connectivity index (χ4n) is 2.58. The first-order chi connectivity index (χ1) is 9.38. The zero-order valence-corrected chi connectivity index (χ0v) is 14.8. The first kappa shape index (κ1) is 18.4. The van der Waals surface area contributed by atoms with Crippen LogP contribution in [0.3, 0.4) is 0 Å². The van der Waals surface area contributed by atoms with Crippen LogP contribution in [-0.2, 0) is 4.79 Å². The standard InChI is InChI=1S/C15H22BrN3O.ClH/c1-15(2)10-19(8-7-13(15)17)9-14(20)18-12-6-4-3-5-11(12)16;/h3-6,13H,7-10,17H2,1-2H3,(H,18,20);1H. The van der Waals surface area contributed by atoms with E-state index < -0.39 is 0 Å². The van der Waals surface area contributed by atoms with E-state index in [0.717, 1.165) is 29.7 Å². The molecule has 1 aliphatic rings. The molecular formula is C15H23BrClN3O. The predicted octanol–water partition coefficient (Wildman–Crippen LogP) is 2.87. The molecule has 1 aromatic rings. The molecule has 0 aromatic heterocycles. The first-order valence-corrected chi connectivity index (χ1v) is 7.70. The van der Waals surface area contributed by atoms with Crippen molar-refractivity contribution in [1.29, 1.82) is 0 Å². The average Bonchev–Trinajstić information content (AvgIpc) is 2.36. The number of nitrogens with zero attached hydrogens (tertiary/aromatic N) is 1. The van der Waals surface area contributed by atoms with E-state index in [4.69, 9.17) is 5.73 Å². The third-order valence-electron chi connectivity index (χ3n) is 3.91. The molecule has 0 aliphatic carbocycles. The molecule has 3 N–H and O–H groups in total. The van der Waals surface area contributed by atoms with Gasteiger partial charge in [-0.05, 0) is 39.9 Å². The van der Waals surface area contributed by atoms with Crippen molar-refractivity contribution < 1.29 is 4.79 Å². The summed E-state index contributed by atoms with van der Waals surface area (Å²) in [5.74, 6) is 0.0168. The number of halogens is 2. The molecule has 1 fully saturated rings. The van der Waals surface area contributed by atoms with Crippen LogP contribution < -0.4 is 11.1 Å². The van der Waals surface area contributed by atoms with Gasteiger partial charge in [-0.25, -0.2) is 0 Å². The lowest BCUT2D eigenvalue weighted by Crippen LogP contribution is -2.53. The minimum atomic E-state index is 0. The Kier molecular flexibility index (Phi) is 6.66. The first-order valence-electron chi connectivity index (χ1n) is 6.91. The summed E-state index contributed by atoms with van der Waals surface area (Å²) in [4.78, 5) is 14.3. The van der Waals surface area contributed by atoms with Crippen molar-refractivity contribution in [2.45, 2.75) is 26.3 Å². The number of likely N-dealkylation sites (tertiary alicyclic amines) is 1. The summed E-state index contributed by atoms with van der Waals surface area (Å²) in [6, 6.07) is 7.85. The van der Waals surface area contributed by atoms with E-state index in [0.29, 0.717) is 6.54 Å². The molecular weight excluding hydrogens is 354 g/mol. The van der Waals surface area contributed by atoms with Crippen molar-refractivity contribution in [3.8, 4) is 0 Å². The Morgan fingerprint density at radius 3 is 2.76 bits per heavy atom. The summed E-state index contributed by atoms with van der Waals surface area (Å²) in [5, 5.41) is 2.94. The number of para-hydroxylation sites is 1. The van der Waals surface area contributed by atoms with Crippen molar-refractivity contribution in [2.75, 3.05) is 25.0 Å². The third kappa shape index (κ3) is 4.95. The van der Waals surface area contributed by atoms with Gasteiger partial charge in [0.15, 0.2) is 0 Å². The molecule has 0 saturated carbocycles. The molecule has 1 heterocycles. The summed E-state index contributed by atoms with van der Waals surface area (Å²) < 4.78 is 0.898. The number of carbonyl (C=O) groups is 1. The zero-order valence-electron chi connectivity index (χ0n) is 12.4. The second-order valence-electron chi connectivity index (χ2n) is 6.12. The molecule has 2 rings (SSSR count). The SMILES string of the molecule is CC1(C)CN(CC(=O)Nc2ccccc2Br)CCC1N.Cl. The molecule has 1 aromatic carbocycles. The Balaban J connectivity index is 0.00000220. The van der Waals surface area contributed by atoms with Crippen LogP contribution in [0.25, 0.3) is 0 Å². The van der Waals surface area contributed by atoms with Crippen LogP contribution in [0.2, 0.25) is 0 Å². The zero-order chi connectivity index (χ0) is 14.8. The summed E-state index contributed by atoms with van der Waals surface area (Å²) in [6.45, 7) is 6.48. The van der Waals surface area contributed by atoms with Gasteiger partial charge in [-0.2, -0.15) is 0 Å². The van der Waals surface area contributed by atoms with Crippen molar-refractivity contribution in [3.63, 3.8) is 0 Å². The maximum absolute atomic E-state index is 12.1. The van der Waals surface area contributed by atoms with Crippen molar-refractivity contribution >= 4 is 39.9 Å². The van der Waals surface area contributed by atoms with E-state index in [-0.39, 0.29) is 29.8 Å². The van der Waals surface area contributed by atoms with Crippen LogP contribution in [0, 0.1) is 5.41 Å². The van der Waals surface area contributed by atoms with Gasteiger partial charge in [0.05, 0.1) is 12.2 Å². The number of amides is 1. The highest BCUT2D eigenvalue weighted by molar-refractivity contribution is 9.10. The molecule has 0 radical (unpaired) electrons. The summed E-state index contributed by atoms with van der Waals surface area (Å²) in [5.41, 5.74) is 6.99. The van der Waals surface area contributed by atoms with Crippen LogP contribution in [0.15, 0.2) is 28.7 Å². The number of hydrogen-bond acceptors (Lipinski definition) is 3. The van der Waals surface area contributed by atoms with Crippen LogP contribution >= 0.6 is 28.3 Å². The minimum Gasteiger partial charge on any atom is -0.327 e. The Bertz CT molecular complexity index is 496. The Morgan fingerprint density at radius 2 is 2.14 bits per heavy atom. The van der Waals surface area contributed by atoms with E-state index >= 15 is 0 Å². The third-order valence-corrected chi connectivity index (χ3v) is 4.60. The molecule has 21 heavy (non-hydrogen) atoms. The Labute approximate surface area is 141 Å². The number of rotatable bonds is 3. The topological polar surface area (TPSA) is 58.4 Å². The number of hydrogen-bond donors (Lipinski definition) is 2.